The van der Waals surface area contributed by atoms with Crippen molar-refractivity contribution in [2.45, 2.75) is 19.6 Å². The van der Waals surface area contributed by atoms with Crippen molar-refractivity contribution in [3.05, 3.63) is 22.7 Å². The molecule has 1 atom stereocenters. The van der Waals surface area contributed by atoms with E-state index in [9.17, 15) is 5.11 Å². The molecule has 6 nitrogen and oxygen atoms in total. The normalized spacial score (nSPS) is 13.2. The van der Waals surface area contributed by atoms with Gasteiger partial charge in [-0.3, -0.25) is 4.90 Å². The van der Waals surface area contributed by atoms with Crippen LogP contribution in [0.5, 0.6) is 0 Å². The van der Waals surface area contributed by atoms with E-state index in [4.69, 9.17) is 8.83 Å². The minimum Gasteiger partial charge on any atom is -0.444 e. The lowest BCUT2D eigenvalue weighted by Crippen LogP contribution is -2.26. The molecule has 0 aliphatic carbocycles. The van der Waals surface area contributed by atoms with Crippen molar-refractivity contribution < 1.29 is 13.9 Å². The predicted molar refractivity (Wildman–Crippen MR) is 67.7 cm³/mol. The van der Waals surface area contributed by atoms with Gasteiger partial charge in [-0.2, -0.15) is 0 Å². The van der Waals surface area contributed by atoms with Gasteiger partial charge in [0.05, 0.1) is 12.6 Å². The quantitative estimate of drug-likeness (QED) is 0.908. The highest BCUT2D eigenvalue weighted by molar-refractivity contribution is 9.10. The van der Waals surface area contributed by atoms with Crippen LogP contribution >= 0.6 is 15.9 Å². The van der Waals surface area contributed by atoms with Gasteiger partial charge in [-0.1, -0.05) is 0 Å². The van der Waals surface area contributed by atoms with Gasteiger partial charge in [0.15, 0.2) is 10.4 Å². The summed E-state index contributed by atoms with van der Waals surface area (Å²) >= 11 is 3.21. The van der Waals surface area contributed by atoms with Crippen LogP contribution in [0.4, 0.5) is 0 Å². The third-order valence-corrected chi connectivity index (χ3v) is 2.66. The molecule has 2 aromatic rings. The standard InChI is InChI=1S/C11H14BrN3O3/c1-7(16)5-15(2)6-10-13-14-11(18-10)8-3-4-9(12)17-8/h3-4,7,16H,5-6H2,1-2H3. The van der Waals surface area contributed by atoms with Gasteiger partial charge < -0.3 is 13.9 Å². The first-order valence-electron chi connectivity index (χ1n) is 5.49. The largest absolute Gasteiger partial charge is 0.444 e. The summed E-state index contributed by atoms with van der Waals surface area (Å²) in [5.41, 5.74) is 0. The van der Waals surface area contributed by atoms with Crippen LogP contribution in [0.15, 0.2) is 25.6 Å². The van der Waals surface area contributed by atoms with Gasteiger partial charge in [0.1, 0.15) is 0 Å². The van der Waals surface area contributed by atoms with E-state index in [1.165, 1.54) is 0 Å². The molecule has 1 unspecified atom stereocenters. The summed E-state index contributed by atoms with van der Waals surface area (Å²) in [5, 5.41) is 17.1. The fraction of sp³-hybridized carbons (Fsp3) is 0.455. The molecule has 0 radical (unpaired) electrons. The summed E-state index contributed by atoms with van der Waals surface area (Å²) in [6.07, 6.45) is -0.390. The molecule has 0 saturated carbocycles. The number of hydrogen-bond acceptors (Lipinski definition) is 6. The Balaban J connectivity index is 2.02. The molecule has 0 bridgehead atoms. The van der Waals surface area contributed by atoms with Crippen molar-refractivity contribution in [3.8, 4) is 11.7 Å². The van der Waals surface area contributed by atoms with Gasteiger partial charge in [0.25, 0.3) is 5.89 Å². The molecule has 0 aliphatic heterocycles. The van der Waals surface area contributed by atoms with Crippen molar-refractivity contribution in [2.24, 2.45) is 0 Å². The Bertz CT molecular complexity index is 509. The molecule has 0 amide bonds. The molecule has 0 saturated heterocycles. The Hall–Kier alpha value is -1.18. The molecule has 18 heavy (non-hydrogen) atoms. The Kier molecular flexibility index (Phi) is 4.15. The topological polar surface area (TPSA) is 75.5 Å². The van der Waals surface area contributed by atoms with Gasteiger partial charge >= 0.3 is 0 Å². The van der Waals surface area contributed by atoms with Crippen LogP contribution in [-0.4, -0.2) is 39.9 Å². The van der Waals surface area contributed by atoms with E-state index in [0.717, 1.165) is 0 Å². The molecule has 7 heteroatoms. The van der Waals surface area contributed by atoms with Crippen molar-refractivity contribution >= 4 is 15.9 Å². The van der Waals surface area contributed by atoms with Crippen molar-refractivity contribution in [1.82, 2.24) is 15.1 Å². The summed E-state index contributed by atoms with van der Waals surface area (Å²) in [6, 6.07) is 3.51. The van der Waals surface area contributed by atoms with Crippen molar-refractivity contribution in [1.29, 1.82) is 0 Å². The summed E-state index contributed by atoms with van der Waals surface area (Å²) in [5.74, 6) is 1.36. The first-order valence-corrected chi connectivity index (χ1v) is 6.28. The second-order valence-electron chi connectivity index (χ2n) is 4.15. The number of hydrogen-bond donors (Lipinski definition) is 1. The molecule has 98 valence electrons. The fourth-order valence-corrected chi connectivity index (χ4v) is 1.90. The van der Waals surface area contributed by atoms with Gasteiger partial charge in [-0.05, 0) is 42.0 Å². The lowest BCUT2D eigenvalue weighted by molar-refractivity contribution is 0.133. The average molecular weight is 316 g/mol. The third-order valence-electron chi connectivity index (χ3n) is 2.23. The number of nitrogens with zero attached hydrogens (tertiary/aromatic N) is 3. The zero-order valence-electron chi connectivity index (χ0n) is 10.1. The van der Waals surface area contributed by atoms with Crippen LogP contribution < -0.4 is 0 Å². The van der Waals surface area contributed by atoms with E-state index in [-0.39, 0.29) is 0 Å². The van der Waals surface area contributed by atoms with Crippen LogP contribution in [-0.2, 0) is 6.54 Å². The maximum Gasteiger partial charge on any atom is 0.283 e. The fourth-order valence-electron chi connectivity index (χ4n) is 1.59. The third kappa shape index (κ3) is 3.41. The maximum atomic E-state index is 9.26. The van der Waals surface area contributed by atoms with Crippen molar-refractivity contribution in [2.75, 3.05) is 13.6 Å². The highest BCUT2D eigenvalue weighted by Gasteiger charge is 2.14. The van der Waals surface area contributed by atoms with E-state index < -0.39 is 6.10 Å². The van der Waals surface area contributed by atoms with Gasteiger partial charge in [0.2, 0.25) is 5.89 Å². The number of aliphatic hydroxyl groups is 1. The number of halogens is 1. The number of aliphatic hydroxyl groups excluding tert-OH is 1. The lowest BCUT2D eigenvalue weighted by atomic mass is 10.4. The van der Waals surface area contributed by atoms with Crippen LogP contribution in [0.25, 0.3) is 11.7 Å². The minimum atomic E-state index is -0.390. The van der Waals surface area contributed by atoms with Crippen LogP contribution in [0.2, 0.25) is 0 Å². The Labute approximate surface area is 113 Å². The molecule has 0 aliphatic rings. The molecular weight excluding hydrogens is 302 g/mol. The number of rotatable bonds is 5. The molecule has 1 N–H and O–H groups in total. The SMILES string of the molecule is CC(O)CN(C)Cc1nnc(-c2ccc(Br)o2)o1. The van der Waals surface area contributed by atoms with Crippen LogP contribution in [0, 0.1) is 0 Å². The van der Waals surface area contributed by atoms with E-state index in [0.29, 0.717) is 35.3 Å². The second-order valence-corrected chi connectivity index (χ2v) is 4.93. The van der Waals surface area contributed by atoms with E-state index >= 15 is 0 Å². The van der Waals surface area contributed by atoms with Gasteiger partial charge in [-0.25, -0.2) is 0 Å². The Morgan fingerprint density at radius 2 is 2.17 bits per heavy atom. The first-order chi connectivity index (χ1) is 8.54. The Morgan fingerprint density at radius 3 is 2.78 bits per heavy atom. The predicted octanol–water partition coefficient (Wildman–Crippen LogP) is 1.90. The molecular formula is C11H14BrN3O3. The monoisotopic (exact) mass is 315 g/mol. The zero-order chi connectivity index (χ0) is 13.1. The van der Waals surface area contributed by atoms with E-state index in [2.05, 4.69) is 26.1 Å². The summed E-state index contributed by atoms with van der Waals surface area (Å²) in [6.45, 7) is 2.76. The number of likely N-dealkylation sites (N-methyl/N-ethyl adjacent to an activating group) is 1. The summed E-state index contributed by atoms with van der Waals surface area (Å²) in [4.78, 5) is 1.90. The first kappa shape index (κ1) is 13.3. The highest BCUT2D eigenvalue weighted by Crippen LogP contribution is 2.23. The molecule has 0 fully saturated rings. The molecule has 2 rings (SSSR count). The van der Waals surface area contributed by atoms with Gasteiger partial charge in [-0.15, -0.1) is 10.2 Å². The van der Waals surface area contributed by atoms with E-state index in [1.54, 1.807) is 19.1 Å². The highest BCUT2D eigenvalue weighted by atomic mass is 79.9. The molecule has 0 spiro atoms. The van der Waals surface area contributed by atoms with E-state index in [1.807, 2.05) is 11.9 Å². The van der Waals surface area contributed by atoms with Crippen LogP contribution in [0.1, 0.15) is 12.8 Å². The second kappa shape index (κ2) is 5.64. The molecule has 2 heterocycles. The number of aromatic nitrogens is 2. The minimum absolute atomic E-state index is 0.348. The van der Waals surface area contributed by atoms with Crippen LogP contribution in [0.3, 0.4) is 0 Å². The average Bonchev–Trinajstić information content (AvgIpc) is 2.85. The summed E-state index contributed by atoms with van der Waals surface area (Å²) in [7, 11) is 1.88. The van der Waals surface area contributed by atoms with Gasteiger partial charge in [0, 0.05) is 6.54 Å². The molecule has 2 aromatic heterocycles. The Morgan fingerprint density at radius 1 is 1.39 bits per heavy atom. The maximum absolute atomic E-state index is 9.26. The number of furan rings is 1. The lowest BCUT2D eigenvalue weighted by Gasteiger charge is -2.15. The summed E-state index contributed by atoms with van der Waals surface area (Å²) < 4.78 is 11.4. The molecule has 0 aromatic carbocycles. The van der Waals surface area contributed by atoms with Crippen molar-refractivity contribution in [3.63, 3.8) is 0 Å². The smallest absolute Gasteiger partial charge is 0.283 e. The zero-order valence-corrected chi connectivity index (χ0v) is 11.7.